The van der Waals surface area contributed by atoms with Crippen molar-refractivity contribution < 1.29 is 27.6 Å². The van der Waals surface area contributed by atoms with E-state index in [1.54, 1.807) is 28.1 Å². The molecule has 0 aliphatic heterocycles. The van der Waals surface area contributed by atoms with Gasteiger partial charge in [0.1, 0.15) is 17.3 Å². The molecule has 170 valence electrons. The summed E-state index contributed by atoms with van der Waals surface area (Å²) in [6, 6.07) is 4.23. The minimum absolute atomic E-state index is 0.0417. The van der Waals surface area contributed by atoms with Gasteiger partial charge >= 0.3 is 7.82 Å². The second-order valence-corrected chi connectivity index (χ2v) is 8.97. The predicted molar refractivity (Wildman–Crippen MR) is 119 cm³/mol. The molecule has 0 amide bonds. The van der Waals surface area contributed by atoms with E-state index in [-0.39, 0.29) is 19.1 Å². The normalized spacial score (nSPS) is 16.8. The first-order valence-electron chi connectivity index (χ1n) is 11.0. The smallest absolute Gasteiger partial charge is 0.496 e. The van der Waals surface area contributed by atoms with Crippen molar-refractivity contribution in [1.29, 1.82) is 0 Å². The minimum Gasteiger partial charge on any atom is -0.496 e. The number of rotatable bonds is 13. The highest BCUT2D eigenvalue weighted by molar-refractivity contribution is 7.48. The van der Waals surface area contributed by atoms with E-state index >= 15 is 0 Å². The second kappa shape index (κ2) is 12.4. The summed E-state index contributed by atoms with van der Waals surface area (Å²) < 4.78 is 40.6. The van der Waals surface area contributed by atoms with Crippen molar-refractivity contribution >= 4 is 7.82 Å². The van der Waals surface area contributed by atoms with Gasteiger partial charge in [0, 0.05) is 17.9 Å². The lowest BCUT2D eigenvalue weighted by Crippen LogP contribution is -2.10. The van der Waals surface area contributed by atoms with Gasteiger partial charge in [-0.2, -0.15) is 0 Å². The molecule has 1 aliphatic carbocycles. The Hall–Kier alpha value is -1.49. The molecule has 1 atom stereocenters. The van der Waals surface area contributed by atoms with Crippen LogP contribution in [0, 0.1) is 0 Å². The molecule has 0 N–H and O–H groups in total. The van der Waals surface area contributed by atoms with E-state index < -0.39 is 7.82 Å². The number of methoxy groups -OCH3 is 2. The molecular weight excluding hydrogens is 403 g/mol. The average Bonchev–Trinajstić information content (AvgIpc) is 2.73. The third kappa shape index (κ3) is 6.76. The molecule has 30 heavy (non-hydrogen) atoms. The Balaban J connectivity index is 2.32. The van der Waals surface area contributed by atoms with E-state index in [0.717, 1.165) is 42.7 Å². The van der Waals surface area contributed by atoms with Gasteiger partial charge in [0.2, 0.25) is 0 Å². The predicted octanol–water partition coefficient (Wildman–Crippen LogP) is 6.79. The molecule has 0 spiro atoms. The molecule has 0 aromatic heterocycles. The first-order chi connectivity index (χ1) is 14.5. The number of allylic oxidation sites excluding steroid dienone is 2. The molecular formula is C23H37O6P. The Morgan fingerprint density at radius 2 is 1.63 bits per heavy atom. The lowest BCUT2D eigenvalue weighted by molar-refractivity contribution is 0.141. The maximum atomic E-state index is 12.8. The number of benzene rings is 1. The van der Waals surface area contributed by atoms with E-state index in [1.807, 2.05) is 6.08 Å². The van der Waals surface area contributed by atoms with Crippen molar-refractivity contribution in [2.24, 2.45) is 0 Å². The Bertz CT molecular complexity index is 710. The molecule has 6 nitrogen and oxygen atoms in total. The first-order valence-corrected chi connectivity index (χ1v) is 12.5. The van der Waals surface area contributed by atoms with Gasteiger partial charge in [-0.1, -0.05) is 19.8 Å². The van der Waals surface area contributed by atoms with E-state index in [1.165, 1.54) is 18.4 Å². The Kier molecular flexibility index (Phi) is 10.2. The molecule has 2 rings (SSSR count). The summed E-state index contributed by atoms with van der Waals surface area (Å²) >= 11 is 0. The molecule has 1 aromatic rings. The van der Waals surface area contributed by atoms with Crippen molar-refractivity contribution in [1.82, 2.24) is 0 Å². The van der Waals surface area contributed by atoms with Crippen LogP contribution in [0.4, 0.5) is 0 Å². The van der Waals surface area contributed by atoms with Crippen LogP contribution in [-0.4, -0.2) is 27.4 Å². The number of phosphoric acid groups is 1. The fraction of sp³-hybridized carbons (Fsp3) is 0.652. The summed E-state index contributed by atoms with van der Waals surface area (Å²) in [4.78, 5) is 0. The topological polar surface area (TPSA) is 63.2 Å². The zero-order chi connectivity index (χ0) is 22.0. The number of hydrogen-bond donors (Lipinski definition) is 0. The lowest BCUT2D eigenvalue weighted by Gasteiger charge is -2.26. The van der Waals surface area contributed by atoms with Crippen molar-refractivity contribution in [3.63, 3.8) is 0 Å². The second-order valence-electron chi connectivity index (χ2n) is 7.38. The monoisotopic (exact) mass is 440 g/mol. The maximum Gasteiger partial charge on any atom is 0.529 e. The largest absolute Gasteiger partial charge is 0.529 e. The van der Waals surface area contributed by atoms with Gasteiger partial charge in [-0.15, -0.1) is 0 Å². The molecule has 0 heterocycles. The van der Waals surface area contributed by atoms with E-state index in [2.05, 4.69) is 19.1 Å². The fourth-order valence-electron chi connectivity index (χ4n) is 3.82. The minimum atomic E-state index is -3.60. The number of ether oxygens (including phenoxy) is 2. The van der Waals surface area contributed by atoms with Gasteiger partial charge in [-0.25, -0.2) is 4.57 Å². The van der Waals surface area contributed by atoms with E-state index in [9.17, 15) is 4.57 Å². The summed E-state index contributed by atoms with van der Waals surface area (Å²) in [6.07, 6.45) is 9.08. The summed E-state index contributed by atoms with van der Waals surface area (Å²) in [7, 11) is -0.216. The highest BCUT2D eigenvalue weighted by Gasteiger charge is 2.31. The van der Waals surface area contributed by atoms with E-state index in [4.69, 9.17) is 23.0 Å². The highest BCUT2D eigenvalue weighted by atomic mass is 31.2. The zero-order valence-corrected chi connectivity index (χ0v) is 20.0. The molecule has 0 radical (unpaired) electrons. The van der Waals surface area contributed by atoms with Crippen molar-refractivity contribution in [2.75, 3.05) is 27.4 Å². The summed E-state index contributed by atoms with van der Waals surface area (Å²) in [5, 5.41) is 0. The Morgan fingerprint density at radius 3 is 2.17 bits per heavy atom. The maximum absolute atomic E-state index is 12.8. The first kappa shape index (κ1) is 24.8. The van der Waals surface area contributed by atoms with Gasteiger partial charge in [0.15, 0.2) is 0 Å². The highest BCUT2D eigenvalue weighted by Crippen LogP contribution is 2.53. The molecule has 0 saturated carbocycles. The molecule has 0 bridgehead atoms. The van der Waals surface area contributed by atoms with Gasteiger partial charge in [0.05, 0.1) is 27.4 Å². The van der Waals surface area contributed by atoms with Gasteiger partial charge in [-0.05, 0) is 63.3 Å². The molecule has 1 aromatic carbocycles. The van der Waals surface area contributed by atoms with Crippen LogP contribution in [-0.2, 0) is 24.6 Å². The quantitative estimate of drug-likeness (QED) is 0.249. The SMILES string of the molecule is CCCCCc1cc(OC)c([C@@H]2C=C(OP(=O)(OCC)OCC)CCC2)c(OC)c1. The average molecular weight is 441 g/mol. The van der Waals surface area contributed by atoms with Crippen LogP contribution in [0.2, 0.25) is 0 Å². The van der Waals surface area contributed by atoms with Gasteiger partial charge in [0.25, 0.3) is 0 Å². The third-order valence-electron chi connectivity index (χ3n) is 5.17. The number of hydrogen-bond acceptors (Lipinski definition) is 6. The molecule has 0 fully saturated rings. The van der Waals surface area contributed by atoms with Crippen LogP contribution < -0.4 is 9.47 Å². The van der Waals surface area contributed by atoms with Crippen LogP contribution in [0.5, 0.6) is 11.5 Å². The Morgan fingerprint density at radius 1 is 1.00 bits per heavy atom. The number of aryl methyl sites for hydroxylation is 1. The van der Waals surface area contributed by atoms with E-state index in [0.29, 0.717) is 12.2 Å². The molecule has 1 aliphatic rings. The summed E-state index contributed by atoms with van der Waals surface area (Å²) in [5.74, 6) is 2.31. The van der Waals surface area contributed by atoms with Gasteiger partial charge in [-0.3, -0.25) is 9.05 Å². The van der Waals surface area contributed by atoms with Crippen LogP contribution in [0.15, 0.2) is 24.0 Å². The molecule has 0 unspecified atom stereocenters. The fourth-order valence-corrected chi connectivity index (χ4v) is 5.07. The van der Waals surface area contributed by atoms with Crippen molar-refractivity contribution in [2.45, 2.75) is 71.6 Å². The van der Waals surface area contributed by atoms with Crippen LogP contribution >= 0.6 is 7.82 Å². The number of unbranched alkanes of at least 4 members (excludes halogenated alkanes) is 2. The van der Waals surface area contributed by atoms with Crippen molar-refractivity contribution in [3.8, 4) is 11.5 Å². The zero-order valence-electron chi connectivity index (χ0n) is 19.1. The Labute approximate surface area is 181 Å². The number of phosphoric ester groups is 1. The van der Waals surface area contributed by atoms with Crippen molar-refractivity contribution in [3.05, 3.63) is 35.1 Å². The third-order valence-corrected chi connectivity index (χ3v) is 6.78. The van der Waals surface area contributed by atoms with Gasteiger partial charge < -0.3 is 14.0 Å². The van der Waals surface area contributed by atoms with Crippen LogP contribution in [0.3, 0.4) is 0 Å². The van der Waals surface area contributed by atoms with Crippen LogP contribution in [0.1, 0.15) is 76.3 Å². The standard InChI is InChI=1S/C23H37O6P/c1-6-9-10-12-18-15-21(25-4)23(22(16-18)26-5)19-13-11-14-20(17-19)29-30(24,27-7-2)28-8-3/h15-17,19H,6-14H2,1-5H3/t19-/m0/s1. The summed E-state index contributed by atoms with van der Waals surface area (Å²) in [5.41, 5.74) is 2.22. The molecule has 0 saturated heterocycles. The lowest BCUT2D eigenvalue weighted by atomic mass is 9.86. The van der Waals surface area contributed by atoms with Crippen LogP contribution in [0.25, 0.3) is 0 Å². The molecule has 7 heteroatoms. The summed E-state index contributed by atoms with van der Waals surface area (Å²) in [6.45, 7) is 6.26.